The van der Waals surface area contributed by atoms with Gasteiger partial charge in [-0.1, -0.05) is 0 Å². The Morgan fingerprint density at radius 2 is 1.35 bits per heavy atom. The topological polar surface area (TPSA) is 60.5 Å². The van der Waals surface area contributed by atoms with Gasteiger partial charge in [-0.05, 0) is 0 Å². The first-order valence-electron chi connectivity index (χ1n) is 7.35. The van der Waals surface area contributed by atoms with Crippen LogP contribution in [0.5, 0.6) is 23.0 Å². The molecule has 9 heteroatoms. The van der Waals surface area contributed by atoms with Gasteiger partial charge in [0.05, 0.1) is 20.8 Å². The summed E-state index contributed by atoms with van der Waals surface area (Å²) in [5.41, 5.74) is 0. The van der Waals surface area contributed by atoms with Crippen LogP contribution < -0.4 is 14.2 Å². The molecule has 0 aromatic heterocycles. The van der Waals surface area contributed by atoms with E-state index in [4.69, 9.17) is 19.3 Å². The second-order valence-electron chi connectivity index (χ2n) is 5.12. The van der Waals surface area contributed by atoms with Crippen molar-refractivity contribution in [1.82, 2.24) is 0 Å². The molecule has 3 rings (SSSR count). The van der Waals surface area contributed by atoms with Gasteiger partial charge >= 0.3 is 0 Å². The van der Waals surface area contributed by atoms with Gasteiger partial charge in [0.25, 0.3) is 0 Å². The highest BCUT2D eigenvalue weighted by molar-refractivity contribution is 5.41. The van der Waals surface area contributed by atoms with Gasteiger partial charge in [0.2, 0.25) is 0 Å². The zero-order valence-electron chi connectivity index (χ0n) is 13.9. The van der Waals surface area contributed by atoms with Crippen LogP contribution in [0, 0.1) is 23.3 Å². The van der Waals surface area contributed by atoms with Crippen LogP contribution >= 0.6 is 0 Å². The minimum atomic E-state index is -1.09. The third-order valence-corrected chi connectivity index (χ3v) is 3.26. The maximum atomic E-state index is 12.9. The summed E-state index contributed by atoms with van der Waals surface area (Å²) in [7, 11) is 2.62. The minimum absolute atomic E-state index is 0.0582. The third kappa shape index (κ3) is 5.16. The van der Waals surface area contributed by atoms with Crippen molar-refractivity contribution in [3.63, 3.8) is 0 Å². The number of phenolic OH excluding ortho intramolecular Hbond substituents is 1. The number of methoxy groups -OCH3 is 2. The Morgan fingerprint density at radius 3 is 1.85 bits per heavy atom. The summed E-state index contributed by atoms with van der Waals surface area (Å²) in [6, 6.07) is 3.37. The molecule has 1 heterocycles. The summed E-state index contributed by atoms with van der Waals surface area (Å²) in [6.45, 7) is 0.966. The predicted octanol–water partition coefficient (Wildman–Crippen LogP) is 3.43. The molecular weight excluding hydrogens is 360 g/mol. The lowest BCUT2D eigenvalue weighted by Gasteiger charge is -2.09. The number of rotatable bonds is 5. The van der Waals surface area contributed by atoms with E-state index in [1.807, 2.05) is 0 Å². The molecule has 1 saturated heterocycles. The van der Waals surface area contributed by atoms with E-state index in [-0.39, 0.29) is 23.4 Å². The first-order valence-corrected chi connectivity index (χ1v) is 7.35. The Morgan fingerprint density at radius 1 is 0.885 bits per heavy atom. The molecule has 0 amide bonds. The number of halogens is 4. The molecule has 0 saturated carbocycles. The Bertz CT molecular complexity index is 765. The second-order valence-corrected chi connectivity index (χ2v) is 5.12. The Kier molecular flexibility index (Phi) is 6.51. The second kappa shape index (κ2) is 8.61. The molecule has 26 heavy (non-hydrogen) atoms. The van der Waals surface area contributed by atoms with Crippen LogP contribution in [0.4, 0.5) is 17.6 Å². The van der Waals surface area contributed by atoms with E-state index in [9.17, 15) is 17.6 Å². The van der Waals surface area contributed by atoms with Crippen molar-refractivity contribution in [2.24, 2.45) is 0 Å². The first-order chi connectivity index (χ1) is 12.3. The van der Waals surface area contributed by atoms with Crippen LogP contribution in [0.3, 0.4) is 0 Å². The van der Waals surface area contributed by atoms with E-state index < -0.39 is 29.0 Å². The number of benzene rings is 2. The molecule has 0 radical (unpaired) electrons. The van der Waals surface area contributed by atoms with Gasteiger partial charge < -0.3 is 24.1 Å². The average molecular weight is 376 g/mol. The fourth-order valence-corrected chi connectivity index (χ4v) is 1.81. The fourth-order valence-electron chi connectivity index (χ4n) is 1.81. The SMILES string of the molecule is COc1cc(F)c(F)cc1O.COc1cc(F)c(F)cc1OCC1CO1. The number of hydrogen-bond acceptors (Lipinski definition) is 5. The van der Waals surface area contributed by atoms with Gasteiger partial charge in [-0.15, -0.1) is 0 Å². The van der Waals surface area contributed by atoms with Crippen LogP contribution in [-0.2, 0) is 4.74 Å². The number of ether oxygens (including phenoxy) is 4. The van der Waals surface area contributed by atoms with Crippen molar-refractivity contribution in [2.75, 3.05) is 27.4 Å². The van der Waals surface area contributed by atoms with Crippen LogP contribution in [0.1, 0.15) is 0 Å². The molecule has 1 fully saturated rings. The first kappa shape index (κ1) is 19.6. The van der Waals surface area contributed by atoms with E-state index in [2.05, 4.69) is 4.74 Å². The molecule has 2 aromatic rings. The Hall–Kier alpha value is -2.68. The number of phenols is 1. The standard InChI is InChI=1S/C10H10F2O3.C7H6F2O2/c1-13-9-2-7(11)8(12)3-10(9)15-5-6-4-14-6;1-11-7-3-5(9)4(8)2-6(7)10/h2-3,6H,4-5H2,1H3;2-3,10H,1H3. The normalized spacial score (nSPS) is 14.9. The Balaban J connectivity index is 0.000000197. The lowest BCUT2D eigenvalue weighted by atomic mass is 10.3. The molecule has 142 valence electrons. The minimum Gasteiger partial charge on any atom is -0.504 e. The van der Waals surface area contributed by atoms with Crippen LogP contribution in [0.2, 0.25) is 0 Å². The largest absolute Gasteiger partial charge is 0.504 e. The van der Waals surface area contributed by atoms with Crippen molar-refractivity contribution in [1.29, 1.82) is 0 Å². The van der Waals surface area contributed by atoms with E-state index in [0.29, 0.717) is 19.3 Å². The summed E-state index contributed by atoms with van der Waals surface area (Å²) < 4.78 is 69.9. The highest BCUT2D eigenvalue weighted by Crippen LogP contribution is 2.30. The van der Waals surface area contributed by atoms with Gasteiger partial charge in [-0.3, -0.25) is 0 Å². The highest BCUT2D eigenvalue weighted by Gasteiger charge is 2.24. The van der Waals surface area contributed by atoms with Gasteiger partial charge in [-0.25, -0.2) is 17.6 Å². The highest BCUT2D eigenvalue weighted by atomic mass is 19.2. The summed E-state index contributed by atoms with van der Waals surface area (Å²) in [4.78, 5) is 0. The molecule has 1 aliphatic rings. The summed E-state index contributed by atoms with van der Waals surface area (Å²) in [5.74, 6) is -4.18. The molecule has 1 unspecified atom stereocenters. The average Bonchev–Trinajstić information content (AvgIpc) is 3.43. The number of epoxide rings is 1. The van der Waals surface area contributed by atoms with Crippen molar-refractivity contribution >= 4 is 0 Å². The van der Waals surface area contributed by atoms with Gasteiger partial charge in [0.15, 0.2) is 46.3 Å². The number of hydrogen-bond donors (Lipinski definition) is 1. The molecule has 0 spiro atoms. The number of aromatic hydroxyl groups is 1. The monoisotopic (exact) mass is 376 g/mol. The van der Waals surface area contributed by atoms with Crippen molar-refractivity contribution < 1.29 is 41.6 Å². The maximum absolute atomic E-state index is 12.9. The smallest absolute Gasteiger partial charge is 0.164 e. The molecule has 1 atom stereocenters. The van der Waals surface area contributed by atoms with Crippen molar-refractivity contribution in [3.05, 3.63) is 47.5 Å². The van der Waals surface area contributed by atoms with Gasteiger partial charge in [0.1, 0.15) is 12.7 Å². The van der Waals surface area contributed by atoms with E-state index in [0.717, 1.165) is 18.2 Å². The Labute approximate surface area is 146 Å². The van der Waals surface area contributed by atoms with Crippen LogP contribution in [0.15, 0.2) is 24.3 Å². The van der Waals surface area contributed by atoms with E-state index in [1.165, 1.54) is 14.2 Å². The van der Waals surface area contributed by atoms with E-state index >= 15 is 0 Å². The predicted molar refractivity (Wildman–Crippen MR) is 82.7 cm³/mol. The van der Waals surface area contributed by atoms with E-state index in [1.54, 1.807) is 0 Å². The fraction of sp³-hybridized carbons (Fsp3) is 0.294. The lowest BCUT2D eigenvalue weighted by Crippen LogP contribution is -2.05. The zero-order chi connectivity index (χ0) is 19.3. The summed E-state index contributed by atoms with van der Waals surface area (Å²) >= 11 is 0. The maximum Gasteiger partial charge on any atom is 0.164 e. The molecule has 1 aliphatic heterocycles. The van der Waals surface area contributed by atoms with Crippen molar-refractivity contribution in [2.45, 2.75) is 6.10 Å². The lowest BCUT2D eigenvalue weighted by molar-refractivity contribution is 0.250. The van der Waals surface area contributed by atoms with Gasteiger partial charge in [-0.2, -0.15) is 0 Å². The molecule has 1 N–H and O–H groups in total. The quantitative estimate of drug-likeness (QED) is 0.640. The molecule has 2 aromatic carbocycles. The summed E-state index contributed by atoms with van der Waals surface area (Å²) in [5, 5.41) is 8.88. The zero-order valence-corrected chi connectivity index (χ0v) is 13.9. The molecule has 0 aliphatic carbocycles. The van der Waals surface area contributed by atoms with Crippen LogP contribution in [0.25, 0.3) is 0 Å². The van der Waals surface area contributed by atoms with Crippen LogP contribution in [-0.4, -0.2) is 38.6 Å². The summed E-state index contributed by atoms with van der Waals surface area (Å²) in [6.07, 6.45) is 0.0582. The van der Waals surface area contributed by atoms with Gasteiger partial charge in [0, 0.05) is 24.3 Å². The molecule has 0 bridgehead atoms. The third-order valence-electron chi connectivity index (χ3n) is 3.26. The molecular formula is C17H16F4O5. The molecule has 5 nitrogen and oxygen atoms in total. The van der Waals surface area contributed by atoms with Crippen molar-refractivity contribution in [3.8, 4) is 23.0 Å².